The first kappa shape index (κ1) is 14.7. The zero-order chi connectivity index (χ0) is 14.8. The number of carbonyl (C=O) groups is 1. The third-order valence-electron chi connectivity index (χ3n) is 3.55. The molecule has 2 aromatic heterocycles. The third-order valence-corrected chi connectivity index (χ3v) is 4.71. The van der Waals surface area contributed by atoms with Crippen LogP contribution in [0.4, 0.5) is 5.69 Å². The molecule has 5 nitrogen and oxygen atoms in total. The van der Waals surface area contributed by atoms with Crippen LogP contribution < -0.4 is 11.1 Å². The molecule has 0 aliphatic carbocycles. The number of aliphatic hydroxyl groups is 1. The lowest BCUT2D eigenvalue weighted by atomic mass is 9.95. The molecule has 0 saturated carbocycles. The van der Waals surface area contributed by atoms with Gasteiger partial charge < -0.3 is 16.2 Å². The van der Waals surface area contributed by atoms with Gasteiger partial charge in [0, 0.05) is 18.3 Å². The first-order valence-corrected chi connectivity index (χ1v) is 7.39. The molecule has 2 heterocycles. The van der Waals surface area contributed by atoms with Gasteiger partial charge >= 0.3 is 0 Å². The Balaban J connectivity index is 2.29. The lowest BCUT2D eigenvalue weighted by Crippen LogP contribution is -2.46. The molecule has 0 aromatic carbocycles. The summed E-state index contributed by atoms with van der Waals surface area (Å²) in [4.78, 5) is 17.1. The van der Waals surface area contributed by atoms with Gasteiger partial charge in [0.25, 0.3) is 5.91 Å². The van der Waals surface area contributed by atoms with Gasteiger partial charge in [0.1, 0.15) is 10.4 Å². The molecule has 0 radical (unpaired) electrons. The van der Waals surface area contributed by atoms with Crippen molar-refractivity contribution in [3.05, 3.63) is 23.2 Å². The number of nitrogens with zero attached hydrogens (tertiary/aromatic N) is 1. The molecule has 0 aliphatic heterocycles. The summed E-state index contributed by atoms with van der Waals surface area (Å²) in [6, 6.07) is 3.72. The largest absolute Gasteiger partial charge is 0.396 e. The molecule has 20 heavy (non-hydrogen) atoms. The molecule has 2 rings (SSSR count). The zero-order valence-electron chi connectivity index (χ0n) is 11.6. The van der Waals surface area contributed by atoms with E-state index in [-0.39, 0.29) is 12.5 Å². The van der Waals surface area contributed by atoms with E-state index in [2.05, 4.69) is 10.3 Å². The summed E-state index contributed by atoms with van der Waals surface area (Å²) in [5, 5.41) is 12.1. The number of carbonyl (C=O) groups excluding carboxylic acids is 1. The summed E-state index contributed by atoms with van der Waals surface area (Å²) >= 11 is 1.34. The highest BCUT2D eigenvalue weighted by Gasteiger charge is 2.26. The van der Waals surface area contributed by atoms with Crippen molar-refractivity contribution >= 4 is 33.1 Å². The van der Waals surface area contributed by atoms with Gasteiger partial charge in [-0.15, -0.1) is 11.3 Å². The van der Waals surface area contributed by atoms with Crippen LogP contribution in [0.3, 0.4) is 0 Å². The van der Waals surface area contributed by atoms with Crippen molar-refractivity contribution < 1.29 is 9.90 Å². The minimum atomic E-state index is -0.429. The predicted molar refractivity (Wildman–Crippen MR) is 81.9 cm³/mol. The number of anilines is 1. The Bertz CT molecular complexity index is 626. The van der Waals surface area contributed by atoms with E-state index in [1.807, 2.05) is 26.0 Å². The molecule has 4 N–H and O–H groups in total. The molecular weight excluding hydrogens is 274 g/mol. The highest BCUT2D eigenvalue weighted by molar-refractivity contribution is 7.21. The first-order chi connectivity index (χ1) is 9.50. The van der Waals surface area contributed by atoms with E-state index in [9.17, 15) is 4.79 Å². The van der Waals surface area contributed by atoms with Gasteiger partial charge in [-0.2, -0.15) is 0 Å². The number of fused-ring (bicyclic) bond motifs is 1. The number of aromatic nitrogens is 1. The number of hydrogen-bond acceptors (Lipinski definition) is 5. The maximum absolute atomic E-state index is 12.4. The monoisotopic (exact) mass is 293 g/mol. The molecule has 1 unspecified atom stereocenters. The Labute approximate surface area is 121 Å². The van der Waals surface area contributed by atoms with E-state index in [4.69, 9.17) is 10.8 Å². The highest BCUT2D eigenvalue weighted by Crippen LogP contribution is 2.32. The first-order valence-electron chi connectivity index (χ1n) is 6.57. The number of nitrogens with one attached hydrogen (secondary N) is 1. The maximum atomic E-state index is 12.4. The van der Waals surface area contributed by atoms with Crippen molar-refractivity contribution in [2.45, 2.75) is 32.2 Å². The standard InChI is InChI=1S/C14H19N3O2S/c1-3-14(2,6-8-18)17-13(19)12-10(15)11-9(20-12)5-4-7-16-11/h4-5,7,18H,3,6,8,15H2,1-2H3,(H,17,19). The van der Waals surface area contributed by atoms with Crippen molar-refractivity contribution in [3.63, 3.8) is 0 Å². The van der Waals surface area contributed by atoms with E-state index >= 15 is 0 Å². The van der Waals surface area contributed by atoms with E-state index in [1.54, 1.807) is 6.20 Å². The molecule has 1 atom stereocenters. The Morgan fingerprint density at radius 1 is 1.60 bits per heavy atom. The van der Waals surface area contributed by atoms with Crippen LogP contribution >= 0.6 is 11.3 Å². The lowest BCUT2D eigenvalue weighted by Gasteiger charge is -2.28. The molecule has 0 aliphatic rings. The molecule has 2 aromatic rings. The number of rotatable bonds is 5. The minimum absolute atomic E-state index is 0.0358. The second-order valence-corrected chi connectivity index (χ2v) is 6.09. The minimum Gasteiger partial charge on any atom is -0.396 e. The molecule has 0 saturated heterocycles. The quantitative estimate of drug-likeness (QED) is 0.788. The van der Waals surface area contributed by atoms with Gasteiger partial charge in [-0.25, -0.2) is 0 Å². The van der Waals surface area contributed by atoms with Crippen molar-refractivity contribution in [2.24, 2.45) is 0 Å². The van der Waals surface area contributed by atoms with Crippen LogP contribution in [0.5, 0.6) is 0 Å². The number of hydrogen-bond donors (Lipinski definition) is 3. The van der Waals surface area contributed by atoms with Gasteiger partial charge in [0.05, 0.1) is 10.4 Å². The Hall–Kier alpha value is -1.66. The van der Waals surface area contributed by atoms with Crippen molar-refractivity contribution in [3.8, 4) is 0 Å². The molecule has 0 fully saturated rings. The van der Waals surface area contributed by atoms with Crippen LogP contribution in [0.2, 0.25) is 0 Å². The number of amides is 1. The second-order valence-electron chi connectivity index (χ2n) is 5.04. The van der Waals surface area contributed by atoms with Crippen molar-refractivity contribution in [2.75, 3.05) is 12.3 Å². The average Bonchev–Trinajstić information content (AvgIpc) is 2.77. The normalized spacial score (nSPS) is 14.2. The van der Waals surface area contributed by atoms with Crippen LogP contribution in [0.1, 0.15) is 36.4 Å². The van der Waals surface area contributed by atoms with Crippen LogP contribution in [0, 0.1) is 0 Å². The van der Waals surface area contributed by atoms with Crippen LogP contribution in [-0.4, -0.2) is 28.1 Å². The lowest BCUT2D eigenvalue weighted by molar-refractivity contribution is 0.0891. The van der Waals surface area contributed by atoms with Crippen molar-refractivity contribution in [1.29, 1.82) is 0 Å². The smallest absolute Gasteiger partial charge is 0.264 e. The summed E-state index contributed by atoms with van der Waals surface area (Å²) in [5.74, 6) is -0.205. The maximum Gasteiger partial charge on any atom is 0.264 e. The van der Waals surface area contributed by atoms with E-state index in [0.717, 1.165) is 11.1 Å². The van der Waals surface area contributed by atoms with E-state index in [1.165, 1.54) is 11.3 Å². The zero-order valence-corrected chi connectivity index (χ0v) is 12.5. The molecule has 108 valence electrons. The Kier molecular flexibility index (Phi) is 4.25. The molecular formula is C14H19N3O2S. The number of aliphatic hydroxyl groups excluding tert-OH is 1. The molecule has 0 bridgehead atoms. The summed E-state index contributed by atoms with van der Waals surface area (Å²) in [6.45, 7) is 3.93. The second kappa shape index (κ2) is 5.76. The number of pyridine rings is 1. The van der Waals surface area contributed by atoms with Gasteiger partial charge in [-0.1, -0.05) is 6.92 Å². The van der Waals surface area contributed by atoms with Crippen LogP contribution in [-0.2, 0) is 0 Å². The SMILES string of the molecule is CCC(C)(CCO)NC(=O)c1sc2cccnc2c1N. The highest BCUT2D eigenvalue weighted by atomic mass is 32.1. The van der Waals surface area contributed by atoms with Gasteiger partial charge in [0.2, 0.25) is 0 Å². The van der Waals surface area contributed by atoms with E-state index in [0.29, 0.717) is 22.5 Å². The predicted octanol–water partition coefficient (Wildman–Crippen LogP) is 2.16. The van der Waals surface area contributed by atoms with Crippen molar-refractivity contribution in [1.82, 2.24) is 10.3 Å². The summed E-state index contributed by atoms with van der Waals surface area (Å²) in [7, 11) is 0. The fourth-order valence-electron chi connectivity index (χ4n) is 2.02. The fraction of sp³-hybridized carbons (Fsp3) is 0.429. The summed E-state index contributed by atoms with van der Waals surface area (Å²) in [5.41, 5.74) is 6.67. The molecule has 0 spiro atoms. The average molecular weight is 293 g/mol. The van der Waals surface area contributed by atoms with Gasteiger partial charge in [0.15, 0.2) is 0 Å². The summed E-state index contributed by atoms with van der Waals surface area (Å²) < 4.78 is 0.899. The van der Waals surface area contributed by atoms with Gasteiger partial charge in [-0.3, -0.25) is 9.78 Å². The Morgan fingerprint density at radius 3 is 2.95 bits per heavy atom. The molecule has 1 amide bonds. The van der Waals surface area contributed by atoms with Gasteiger partial charge in [-0.05, 0) is 31.9 Å². The number of nitrogens with two attached hydrogens (primary N) is 1. The number of nitrogen functional groups attached to an aromatic ring is 1. The van der Waals surface area contributed by atoms with E-state index < -0.39 is 5.54 Å². The number of thiophene rings is 1. The van der Waals surface area contributed by atoms with Crippen LogP contribution in [0.15, 0.2) is 18.3 Å². The topological polar surface area (TPSA) is 88.2 Å². The summed E-state index contributed by atoms with van der Waals surface area (Å²) in [6.07, 6.45) is 2.91. The Morgan fingerprint density at radius 2 is 2.35 bits per heavy atom. The van der Waals surface area contributed by atoms with Crippen LogP contribution in [0.25, 0.3) is 10.2 Å². The third kappa shape index (κ3) is 2.76. The fourth-order valence-corrected chi connectivity index (χ4v) is 3.00. The molecule has 6 heteroatoms.